The van der Waals surface area contributed by atoms with Gasteiger partial charge in [0.05, 0.1) is 12.3 Å². The van der Waals surface area contributed by atoms with Crippen LogP contribution in [0.4, 0.5) is 0 Å². The predicted molar refractivity (Wildman–Crippen MR) is 86.9 cm³/mol. The fourth-order valence-electron chi connectivity index (χ4n) is 2.31. The van der Waals surface area contributed by atoms with Crippen LogP contribution in [0.15, 0.2) is 65.1 Å². The highest BCUT2D eigenvalue weighted by Gasteiger charge is 2.10. The van der Waals surface area contributed by atoms with Gasteiger partial charge in [0, 0.05) is 5.56 Å². The number of nitrogens with zero attached hydrogens (tertiary/aromatic N) is 1. The van der Waals surface area contributed by atoms with Crippen LogP contribution in [0.25, 0.3) is 11.5 Å². The van der Waals surface area contributed by atoms with E-state index >= 15 is 0 Å². The second-order valence-corrected chi connectivity index (χ2v) is 5.15. The number of benzene rings is 2. The molecule has 3 heteroatoms. The Hall–Kier alpha value is -2.55. The Morgan fingerprint density at radius 2 is 1.64 bits per heavy atom. The molecule has 0 N–H and O–H groups in total. The topological polar surface area (TPSA) is 35.3 Å². The molecule has 0 aliphatic heterocycles. The van der Waals surface area contributed by atoms with Gasteiger partial charge in [-0.15, -0.1) is 0 Å². The number of rotatable bonds is 6. The molecule has 0 spiro atoms. The Balaban J connectivity index is 1.56. The first-order valence-corrected chi connectivity index (χ1v) is 7.52. The van der Waals surface area contributed by atoms with Crippen LogP contribution in [0.2, 0.25) is 0 Å². The number of hydrogen-bond acceptors (Lipinski definition) is 3. The maximum Gasteiger partial charge on any atom is 0.226 e. The lowest BCUT2D eigenvalue weighted by Crippen LogP contribution is -2.00. The van der Waals surface area contributed by atoms with Crippen molar-refractivity contribution in [3.05, 3.63) is 72.1 Å². The van der Waals surface area contributed by atoms with E-state index in [2.05, 4.69) is 4.98 Å². The third kappa shape index (κ3) is 3.55. The van der Waals surface area contributed by atoms with Gasteiger partial charge in [-0.25, -0.2) is 4.98 Å². The third-order valence-electron chi connectivity index (χ3n) is 3.48. The molecule has 0 amide bonds. The summed E-state index contributed by atoms with van der Waals surface area (Å²) in [5, 5.41) is 0. The standard InChI is InChI=1S/C19H19NO2/c1-15-18(13-8-14-21-17-11-6-3-7-12-17)20-19(22-15)16-9-4-2-5-10-16/h2-7,9-12H,8,13-14H2,1H3. The highest BCUT2D eigenvalue weighted by atomic mass is 16.5. The van der Waals surface area contributed by atoms with Crippen molar-refractivity contribution in [2.75, 3.05) is 6.61 Å². The number of ether oxygens (including phenoxy) is 1. The number of aryl methyl sites for hydroxylation is 2. The molecule has 112 valence electrons. The molecule has 0 fully saturated rings. The SMILES string of the molecule is Cc1oc(-c2ccccc2)nc1CCCOc1ccccc1. The molecule has 1 heterocycles. The van der Waals surface area contributed by atoms with E-state index in [0.717, 1.165) is 35.6 Å². The van der Waals surface area contributed by atoms with Gasteiger partial charge in [0.2, 0.25) is 5.89 Å². The monoisotopic (exact) mass is 293 g/mol. The quantitative estimate of drug-likeness (QED) is 0.620. The fourth-order valence-corrected chi connectivity index (χ4v) is 2.31. The zero-order chi connectivity index (χ0) is 15.2. The number of aromatic nitrogens is 1. The molecular weight excluding hydrogens is 274 g/mol. The van der Waals surface area contributed by atoms with Crippen LogP contribution >= 0.6 is 0 Å². The zero-order valence-electron chi connectivity index (χ0n) is 12.7. The molecule has 0 saturated carbocycles. The summed E-state index contributed by atoms with van der Waals surface area (Å²) in [6.07, 6.45) is 1.77. The lowest BCUT2D eigenvalue weighted by atomic mass is 10.2. The smallest absolute Gasteiger partial charge is 0.226 e. The van der Waals surface area contributed by atoms with Gasteiger partial charge in [0.15, 0.2) is 0 Å². The minimum Gasteiger partial charge on any atom is -0.494 e. The summed E-state index contributed by atoms with van der Waals surface area (Å²) in [4.78, 5) is 4.60. The van der Waals surface area contributed by atoms with Gasteiger partial charge in [0.25, 0.3) is 0 Å². The molecule has 3 rings (SSSR count). The van der Waals surface area contributed by atoms with E-state index in [4.69, 9.17) is 9.15 Å². The van der Waals surface area contributed by atoms with Crippen molar-refractivity contribution in [2.24, 2.45) is 0 Å². The van der Waals surface area contributed by atoms with Gasteiger partial charge in [0.1, 0.15) is 11.5 Å². The first-order chi connectivity index (χ1) is 10.8. The lowest BCUT2D eigenvalue weighted by molar-refractivity contribution is 0.310. The van der Waals surface area contributed by atoms with Crippen LogP contribution in [0.1, 0.15) is 17.9 Å². The average molecular weight is 293 g/mol. The van der Waals surface area contributed by atoms with Crippen LogP contribution in [-0.4, -0.2) is 11.6 Å². The van der Waals surface area contributed by atoms with Crippen molar-refractivity contribution >= 4 is 0 Å². The normalized spacial score (nSPS) is 10.6. The highest BCUT2D eigenvalue weighted by molar-refractivity contribution is 5.53. The summed E-state index contributed by atoms with van der Waals surface area (Å²) in [7, 11) is 0. The summed E-state index contributed by atoms with van der Waals surface area (Å²) in [6, 6.07) is 19.8. The Bertz CT molecular complexity index is 705. The van der Waals surface area contributed by atoms with E-state index in [9.17, 15) is 0 Å². The molecule has 0 aliphatic carbocycles. The van der Waals surface area contributed by atoms with E-state index in [1.54, 1.807) is 0 Å². The summed E-state index contributed by atoms with van der Waals surface area (Å²) in [5.41, 5.74) is 2.02. The van der Waals surface area contributed by atoms with Gasteiger partial charge in [-0.2, -0.15) is 0 Å². The summed E-state index contributed by atoms with van der Waals surface area (Å²) < 4.78 is 11.5. The first-order valence-electron chi connectivity index (χ1n) is 7.52. The molecule has 0 saturated heterocycles. The minimum absolute atomic E-state index is 0.678. The largest absolute Gasteiger partial charge is 0.494 e. The molecule has 1 aromatic heterocycles. The Kier molecular flexibility index (Phi) is 4.54. The van der Waals surface area contributed by atoms with E-state index in [1.165, 1.54) is 0 Å². The van der Waals surface area contributed by atoms with E-state index in [0.29, 0.717) is 12.5 Å². The van der Waals surface area contributed by atoms with Gasteiger partial charge < -0.3 is 9.15 Å². The summed E-state index contributed by atoms with van der Waals surface area (Å²) in [6.45, 7) is 2.64. The molecule has 3 aromatic rings. The van der Waals surface area contributed by atoms with Gasteiger partial charge in [-0.3, -0.25) is 0 Å². The molecule has 0 atom stereocenters. The molecule has 0 unspecified atom stereocenters. The second kappa shape index (κ2) is 6.94. The van der Waals surface area contributed by atoms with Gasteiger partial charge >= 0.3 is 0 Å². The zero-order valence-corrected chi connectivity index (χ0v) is 12.7. The van der Waals surface area contributed by atoms with E-state index in [-0.39, 0.29) is 0 Å². The molecule has 22 heavy (non-hydrogen) atoms. The first kappa shape index (κ1) is 14.4. The summed E-state index contributed by atoms with van der Waals surface area (Å²) >= 11 is 0. The van der Waals surface area contributed by atoms with E-state index in [1.807, 2.05) is 67.6 Å². The van der Waals surface area contributed by atoms with Gasteiger partial charge in [-0.1, -0.05) is 36.4 Å². The maximum atomic E-state index is 5.76. The van der Waals surface area contributed by atoms with E-state index < -0.39 is 0 Å². The Morgan fingerprint density at radius 3 is 2.36 bits per heavy atom. The molecular formula is C19H19NO2. The molecule has 2 aromatic carbocycles. The van der Waals surface area contributed by atoms with Crippen molar-refractivity contribution in [2.45, 2.75) is 19.8 Å². The molecule has 0 radical (unpaired) electrons. The van der Waals surface area contributed by atoms with Crippen molar-refractivity contribution in [3.8, 4) is 17.2 Å². The van der Waals surface area contributed by atoms with Crippen molar-refractivity contribution in [1.29, 1.82) is 0 Å². The van der Waals surface area contributed by atoms with Crippen molar-refractivity contribution in [3.63, 3.8) is 0 Å². The second-order valence-electron chi connectivity index (χ2n) is 5.15. The van der Waals surface area contributed by atoms with Crippen LogP contribution in [0, 0.1) is 6.92 Å². The Labute approximate surface area is 130 Å². The van der Waals surface area contributed by atoms with Crippen molar-refractivity contribution < 1.29 is 9.15 Å². The van der Waals surface area contributed by atoms with Crippen LogP contribution < -0.4 is 4.74 Å². The lowest BCUT2D eigenvalue weighted by Gasteiger charge is -2.04. The van der Waals surface area contributed by atoms with Crippen molar-refractivity contribution in [1.82, 2.24) is 4.98 Å². The molecule has 0 bridgehead atoms. The average Bonchev–Trinajstić information content (AvgIpc) is 2.94. The third-order valence-corrected chi connectivity index (χ3v) is 3.48. The van der Waals surface area contributed by atoms with Crippen LogP contribution in [0.3, 0.4) is 0 Å². The van der Waals surface area contributed by atoms with Crippen LogP contribution in [-0.2, 0) is 6.42 Å². The number of oxazole rings is 1. The predicted octanol–water partition coefficient (Wildman–Crippen LogP) is 4.66. The fraction of sp³-hybridized carbons (Fsp3) is 0.211. The number of para-hydroxylation sites is 1. The molecule has 0 aliphatic rings. The minimum atomic E-state index is 0.678. The number of hydrogen-bond donors (Lipinski definition) is 0. The van der Waals surface area contributed by atoms with Crippen LogP contribution in [0.5, 0.6) is 5.75 Å². The summed E-state index contributed by atoms with van der Waals surface area (Å²) in [5.74, 6) is 2.49. The maximum absolute atomic E-state index is 5.76. The van der Waals surface area contributed by atoms with Gasteiger partial charge in [-0.05, 0) is 44.0 Å². The molecule has 3 nitrogen and oxygen atoms in total. The highest BCUT2D eigenvalue weighted by Crippen LogP contribution is 2.22. The Morgan fingerprint density at radius 1 is 0.955 bits per heavy atom.